The summed E-state index contributed by atoms with van der Waals surface area (Å²) in [6, 6.07) is 9.09. The van der Waals surface area contributed by atoms with Crippen LogP contribution >= 0.6 is 12.2 Å². The van der Waals surface area contributed by atoms with Crippen LogP contribution in [0.3, 0.4) is 0 Å². The van der Waals surface area contributed by atoms with Gasteiger partial charge in [-0.05, 0) is 37.2 Å². The van der Waals surface area contributed by atoms with Crippen LogP contribution in [0.25, 0.3) is 5.69 Å². The van der Waals surface area contributed by atoms with Gasteiger partial charge in [0.2, 0.25) is 5.88 Å². The van der Waals surface area contributed by atoms with E-state index in [2.05, 4.69) is 9.98 Å². The van der Waals surface area contributed by atoms with Crippen molar-refractivity contribution in [3.8, 4) is 11.6 Å². The Morgan fingerprint density at radius 1 is 1.29 bits per heavy atom. The van der Waals surface area contributed by atoms with Crippen molar-refractivity contribution in [2.75, 3.05) is 0 Å². The van der Waals surface area contributed by atoms with E-state index in [4.69, 9.17) is 18.0 Å². The van der Waals surface area contributed by atoms with E-state index in [1.54, 1.807) is 12.1 Å². The second-order valence-corrected chi connectivity index (χ2v) is 6.35. The number of hydrogen-bond donors (Lipinski definition) is 3. The monoisotopic (exact) mass is 344 g/mol. The molecule has 0 saturated heterocycles. The van der Waals surface area contributed by atoms with Crippen molar-refractivity contribution in [3.63, 3.8) is 0 Å². The second-order valence-electron chi connectivity index (χ2n) is 5.96. The smallest absolute Gasteiger partial charge is 0.264 e. The lowest BCUT2D eigenvalue weighted by Gasteiger charge is -2.25. The van der Waals surface area contributed by atoms with Crippen molar-refractivity contribution >= 4 is 18.4 Å². The van der Waals surface area contributed by atoms with E-state index in [0.29, 0.717) is 5.69 Å². The first-order chi connectivity index (χ1) is 11.6. The Balaban J connectivity index is 2.02. The van der Waals surface area contributed by atoms with Gasteiger partial charge in [0.25, 0.3) is 5.56 Å². The molecule has 0 amide bonds. The molecular formula is C17H20N4O2S. The molecule has 1 aromatic carbocycles. The van der Waals surface area contributed by atoms with Gasteiger partial charge < -0.3 is 10.8 Å². The number of aliphatic imine (C=N–C) groups is 1. The quantitative estimate of drug-likeness (QED) is 0.588. The summed E-state index contributed by atoms with van der Waals surface area (Å²) in [6.45, 7) is 0. The normalized spacial score (nSPS) is 21.2. The van der Waals surface area contributed by atoms with Crippen LogP contribution in [-0.2, 0) is 0 Å². The van der Waals surface area contributed by atoms with Crippen LogP contribution in [0.4, 0.5) is 0 Å². The molecular weight excluding hydrogens is 324 g/mol. The van der Waals surface area contributed by atoms with E-state index in [9.17, 15) is 9.90 Å². The van der Waals surface area contributed by atoms with Gasteiger partial charge in [0, 0.05) is 12.3 Å². The van der Waals surface area contributed by atoms with E-state index in [1.807, 2.05) is 18.2 Å². The molecule has 2 atom stereocenters. The molecule has 1 aliphatic carbocycles. The van der Waals surface area contributed by atoms with E-state index in [-0.39, 0.29) is 28.3 Å². The van der Waals surface area contributed by atoms with Gasteiger partial charge in [-0.3, -0.25) is 19.3 Å². The molecule has 0 spiro atoms. The maximum atomic E-state index is 12.2. The highest BCUT2D eigenvalue weighted by Crippen LogP contribution is 2.21. The van der Waals surface area contributed by atoms with Gasteiger partial charge in [0.15, 0.2) is 4.77 Å². The van der Waals surface area contributed by atoms with Gasteiger partial charge in [-0.2, -0.15) is 0 Å². The van der Waals surface area contributed by atoms with Crippen molar-refractivity contribution in [2.45, 2.75) is 37.8 Å². The summed E-state index contributed by atoms with van der Waals surface area (Å²) in [5, 5.41) is 10.6. The van der Waals surface area contributed by atoms with Crippen LogP contribution in [0.5, 0.6) is 5.88 Å². The zero-order chi connectivity index (χ0) is 17.1. The Kier molecular flexibility index (Phi) is 4.92. The number of nitrogens with zero attached hydrogens (tertiary/aromatic N) is 2. The van der Waals surface area contributed by atoms with Crippen molar-refractivity contribution in [2.24, 2.45) is 10.7 Å². The fraction of sp³-hybridized carbons (Fsp3) is 0.353. The van der Waals surface area contributed by atoms with Crippen LogP contribution in [0.15, 0.2) is 40.1 Å². The molecule has 6 nitrogen and oxygen atoms in total. The second kappa shape index (κ2) is 7.11. The number of H-pyrrole nitrogens is 1. The minimum atomic E-state index is -0.460. The van der Waals surface area contributed by atoms with Crippen molar-refractivity contribution in [1.29, 1.82) is 0 Å². The summed E-state index contributed by atoms with van der Waals surface area (Å²) < 4.78 is 1.55. The lowest BCUT2D eigenvalue weighted by Crippen LogP contribution is -2.36. The number of nitrogens with two attached hydrogens (primary N) is 1. The molecule has 24 heavy (non-hydrogen) atoms. The van der Waals surface area contributed by atoms with Gasteiger partial charge in [0.05, 0.1) is 11.7 Å². The van der Waals surface area contributed by atoms with Gasteiger partial charge in [-0.15, -0.1) is 0 Å². The molecule has 1 saturated carbocycles. The predicted octanol–water partition coefficient (Wildman–Crippen LogP) is 2.29. The topological polar surface area (TPSA) is 96.4 Å². The molecule has 0 unspecified atom stereocenters. The third-order valence-corrected chi connectivity index (χ3v) is 4.60. The third-order valence-electron chi connectivity index (χ3n) is 4.31. The van der Waals surface area contributed by atoms with Crippen molar-refractivity contribution in [1.82, 2.24) is 9.55 Å². The standard InChI is InChI=1S/C17H20N4O2S/c18-13-8-4-5-9-14(13)19-10-12-15(22)20-17(24)21(16(12)23)11-6-2-1-3-7-11/h1-3,6-7,10,13-14,23H,4-5,8-9,18H2,(H,20,22,24)/t13-,14-/m1/s1. The first kappa shape index (κ1) is 16.6. The number of hydrogen-bond acceptors (Lipinski definition) is 5. The summed E-state index contributed by atoms with van der Waals surface area (Å²) in [7, 11) is 0. The minimum Gasteiger partial charge on any atom is -0.494 e. The number of benzene rings is 1. The Morgan fingerprint density at radius 3 is 2.71 bits per heavy atom. The number of aromatic amines is 1. The van der Waals surface area contributed by atoms with Gasteiger partial charge in [0.1, 0.15) is 5.56 Å². The first-order valence-electron chi connectivity index (χ1n) is 8.00. The third kappa shape index (κ3) is 3.32. The highest BCUT2D eigenvalue weighted by Gasteiger charge is 2.21. The first-order valence-corrected chi connectivity index (χ1v) is 8.41. The lowest BCUT2D eigenvalue weighted by atomic mass is 9.91. The molecule has 7 heteroatoms. The molecule has 4 N–H and O–H groups in total. The summed E-state index contributed by atoms with van der Waals surface area (Å²) in [4.78, 5) is 19.2. The Labute approximate surface area is 144 Å². The summed E-state index contributed by atoms with van der Waals surface area (Å²) in [5.41, 5.74) is 6.37. The van der Waals surface area contributed by atoms with Crippen LogP contribution in [0.1, 0.15) is 31.2 Å². The molecule has 126 valence electrons. The average molecular weight is 344 g/mol. The maximum Gasteiger partial charge on any atom is 0.264 e. The lowest BCUT2D eigenvalue weighted by molar-refractivity contribution is 0.387. The molecule has 1 aliphatic rings. The highest BCUT2D eigenvalue weighted by atomic mass is 32.1. The Hall–Kier alpha value is -2.25. The van der Waals surface area contributed by atoms with Gasteiger partial charge in [-0.1, -0.05) is 31.0 Å². The zero-order valence-corrected chi connectivity index (χ0v) is 14.0. The van der Waals surface area contributed by atoms with Crippen molar-refractivity contribution in [3.05, 3.63) is 51.0 Å². The summed E-state index contributed by atoms with van der Waals surface area (Å²) >= 11 is 5.18. The van der Waals surface area contributed by atoms with Crippen LogP contribution in [0, 0.1) is 4.77 Å². The zero-order valence-electron chi connectivity index (χ0n) is 13.2. The molecule has 2 aromatic rings. The fourth-order valence-corrected chi connectivity index (χ4v) is 3.25. The minimum absolute atomic E-state index is 0.00398. The molecule has 1 fully saturated rings. The van der Waals surface area contributed by atoms with Gasteiger partial charge in [-0.25, -0.2) is 0 Å². The fourth-order valence-electron chi connectivity index (χ4n) is 2.97. The molecule has 0 aliphatic heterocycles. The van der Waals surface area contributed by atoms with E-state index >= 15 is 0 Å². The molecule has 0 radical (unpaired) electrons. The predicted molar refractivity (Wildman–Crippen MR) is 96.7 cm³/mol. The average Bonchev–Trinajstić information content (AvgIpc) is 2.57. The molecule has 3 rings (SSSR count). The summed E-state index contributed by atoms with van der Waals surface area (Å²) in [6.07, 6.45) is 5.43. The van der Waals surface area contributed by atoms with E-state index in [0.717, 1.165) is 25.7 Å². The van der Waals surface area contributed by atoms with Crippen LogP contribution < -0.4 is 11.3 Å². The van der Waals surface area contributed by atoms with Crippen LogP contribution in [-0.4, -0.2) is 33.0 Å². The highest BCUT2D eigenvalue weighted by molar-refractivity contribution is 7.71. The van der Waals surface area contributed by atoms with E-state index in [1.165, 1.54) is 10.8 Å². The number of para-hydroxylation sites is 1. The molecule has 1 aromatic heterocycles. The number of aromatic hydroxyl groups is 1. The number of nitrogens with one attached hydrogen (secondary N) is 1. The van der Waals surface area contributed by atoms with E-state index < -0.39 is 5.56 Å². The number of aromatic nitrogens is 2. The maximum absolute atomic E-state index is 12.2. The van der Waals surface area contributed by atoms with Crippen molar-refractivity contribution < 1.29 is 5.11 Å². The largest absolute Gasteiger partial charge is 0.494 e. The Morgan fingerprint density at radius 2 is 2.00 bits per heavy atom. The Bertz CT molecular complexity index is 857. The molecule has 0 bridgehead atoms. The number of rotatable bonds is 3. The van der Waals surface area contributed by atoms with Gasteiger partial charge >= 0.3 is 0 Å². The SMILES string of the molecule is N[C@@H]1CCCC[C@H]1N=Cc1c(O)n(-c2ccccc2)c(=S)[nH]c1=O. The van der Waals surface area contributed by atoms with Crippen LogP contribution in [0.2, 0.25) is 0 Å². The molecule has 1 heterocycles. The summed E-state index contributed by atoms with van der Waals surface area (Å²) in [5.74, 6) is -0.219.